The van der Waals surface area contributed by atoms with Gasteiger partial charge in [-0.15, -0.1) is 0 Å². The van der Waals surface area contributed by atoms with E-state index in [9.17, 15) is 26.4 Å². The van der Waals surface area contributed by atoms with Crippen molar-refractivity contribution in [2.45, 2.75) is 25.3 Å². The monoisotopic (exact) mass is 264 g/mol. The van der Waals surface area contributed by atoms with Crippen molar-refractivity contribution in [3.63, 3.8) is 0 Å². The van der Waals surface area contributed by atoms with Crippen molar-refractivity contribution in [1.29, 1.82) is 0 Å². The van der Waals surface area contributed by atoms with Crippen molar-refractivity contribution in [2.75, 3.05) is 6.61 Å². The lowest BCUT2D eigenvalue weighted by atomic mass is 10.2. The van der Waals surface area contributed by atoms with Gasteiger partial charge in [0.25, 0.3) is 0 Å². The third kappa shape index (κ3) is 3.63. The lowest BCUT2D eigenvalue weighted by molar-refractivity contribution is -0.152. The van der Waals surface area contributed by atoms with Gasteiger partial charge in [0, 0.05) is 0 Å². The summed E-state index contributed by atoms with van der Waals surface area (Å²) in [6.07, 6.45) is -3.31. The first-order chi connectivity index (χ1) is 7.00. The minimum Gasteiger partial charge on any atom is -0.462 e. The van der Waals surface area contributed by atoms with Gasteiger partial charge in [0.05, 0.1) is 5.92 Å². The van der Waals surface area contributed by atoms with Gasteiger partial charge in [0.2, 0.25) is 6.17 Å². The van der Waals surface area contributed by atoms with E-state index in [1.54, 1.807) is 0 Å². The first-order valence-electron chi connectivity index (χ1n) is 4.15. The molecule has 0 bridgehead atoms. The van der Waals surface area contributed by atoms with Crippen LogP contribution >= 0.6 is 0 Å². The van der Waals surface area contributed by atoms with E-state index in [0.29, 0.717) is 0 Å². The van der Waals surface area contributed by atoms with E-state index in [2.05, 4.69) is 4.74 Å². The molecule has 0 heterocycles. The van der Waals surface area contributed by atoms with Crippen LogP contribution in [0.2, 0.25) is 0 Å². The molecule has 0 saturated carbocycles. The number of alkyl halides is 3. The third-order valence-corrected chi connectivity index (χ3v) is 2.50. The summed E-state index contributed by atoms with van der Waals surface area (Å²) >= 11 is 0. The second-order valence-corrected chi connectivity index (χ2v) is 4.78. The number of hydrogen-bond donors (Lipinski definition) is 1. The molecule has 0 aromatic rings. The minimum absolute atomic E-state index is 0.661. The van der Waals surface area contributed by atoms with Crippen LogP contribution in [0.25, 0.3) is 0 Å². The standard InChI is InChI=1S/C7H11F3O5S/c1-4(2)6(11)15-3-5(8)7(9,10)16(12,13)14/h4-5H,3H2,1-2H3,(H,12,13,14). The average Bonchev–Trinajstić information content (AvgIpc) is 2.11. The van der Waals surface area contributed by atoms with Crippen molar-refractivity contribution < 1.29 is 35.7 Å². The highest BCUT2D eigenvalue weighted by Crippen LogP contribution is 2.27. The quantitative estimate of drug-likeness (QED) is 0.592. The maximum absolute atomic E-state index is 12.7. The van der Waals surface area contributed by atoms with Crippen LogP contribution in [0.15, 0.2) is 0 Å². The number of hydrogen-bond acceptors (Lipinski definition) is 4. The second-order valence-electron chi connectivity index (χ2n) is 3.29. The number of carbonyl (C=O) groups excluding carboxylic acids is 1. The molecule has 0 fully saturated rings. The maximum Gasteiger partial charge on any atom is 0.403 e. The van der Waals surface area contributed by atoms with Crippen LogP contribution in [0.1, 0.15) is 13.8 Å². The summed E-state index contributed by atoms with van der Waals surface area (Å²) in [4.78, 5) is 10.8. The zero-order valence-corrected chi connectivity index (χ0v) is 9.30. The first kappa shape index (κ1) is 15.2. The van der Waals surface area contributed by atoms with Crippen LogP contribution in [-0.4, -0.2) is 37.0 Å². The molecule has 16 heavy (non-hydrogen) atoms. The Morgan fingerprint density at radius 3 is 2.19 bits per heavy atom. The smallest absolute Gasteiger partial charge is 0.403 e. The van der Waals surface area contributed by atoms with Gasteiger partial charge in [-0.25, -0.2) is 4.39 Å². The Balaban J connectivity index is 4.49. The van der Waals surface area contributed by atoms with Crippen LogP contribution in [0.5, 0.6) is 0 Å². The third-order valence-electron chi connectivity index (χ3n) is 1.55. The van der Waals surface area contributed by atoms with Gasteiger partial charge >= 0.3 is 21.3 Å². The molecule has 1 atom stereocenters. The average molecular weight is 264 g/mol. The predicted octanol–water partition coefficient (Wildman–Crippen LogP) is 1.00. The van der Waals surface area contributed by atoms with Crippen molar-refractivity contribution in [3.8, 4) is 0 Å². The molecule has 0 aromatic heterocycles. The highest BCUT2D eigenvalue weighted by atomic mass is 32.2. The Hall–Kier alpha value is -0.830. The normalized spacial score (nSPS) is 14.9. The molecule has 1 N–H and O–H groups in total. The minimum atomic E-state index is -5.87. The van der Waals surface area contributed by atoms with Crippen LogP contribution in [0.3, 0.4) is 0 Å². The summed E-state index contributed by atoms with van der Waals surface area (Å²) in [5.74, 6) is -1.61. The van der Waals surface area contributed by atoms with E-state index in [4.69, 9.17) is 4.55 Å². The van der Waals surface area contributed by atoms with E-state index in [-0.39, 0.29) is 0 Å². The zero-order valence-electron chi connectivity index (χ0n) is 8.48. The van der Waals surface area contributed by atoms with Crippen LogP contribution in [0, 0.1) is 5.92 Å². The van der Waals surface area contributed by atoms with Gasteiger partial charge in [-0.05, 0) is 0 Å². The summed E-state index contributed by atoms with van der Waals surface area (Å²) in [6, 6.07) is 0. The highest BCUT2D eigenvalue weighted by molar-refractivity contribution is 7.86. The lowest BCUT2D eigenvalue weighted by Crippen LogP contribution is -2.41. The summed E-state index contributed by atoms with van der Waals surface area (Å²) in [5, 5.41) is -5.00. The van der Waals surface area contributed by atoms with Gasteiger partial charge in [-0.2, -0.15) is 17.2 Å². The van der Waals surface area contributed by atoms with Gasteiger partial charge < -0.3 is 4.74 Å². The molecule has 0 radical (unpaired) electrons. The van der Waals surface area contributed by atoms with E-state index in [0.717, 1.165) is 0 Å². The fourth-order valence-electron chi connectivity index (χ4n) is 0.581. The molecule has 1 unspecified atom stereocenters. The summed E-state index contributed by atoms with van der Waals surface area (Å²) in [5.41, 5.74) is 0. The van der Waals surface area contributed by atoms with Crippen molar-refractivity contribution >= 4 is 16.1 Å². The Kier molecular flexibility index (Phi) is 4.74. The molecule has 5 nitrogen and oxygen atoms in total. The van der Waals surface area contributed by atoms with Gasteiger partial charge in [-0.1, -0.05) is 13.8 Å². The van der Waals surface area contributed by atoms with Crippen LogP contribution in [-0.2, 0) is 19.6 Å². The molecule has 9 heteroatoms. The van der Waals surface area contributed by atoms with Crippen LogP contribution in [0.4, 0.5) is 13.2 Å². The van der Waals surface area contributed by atoms with E-state index < -0.39 is 40.0 Å². The number of halogens is 3. The zero-order chi connectivity index (χ0) is 13.1. The lowest BCUT2D eigenvalue weighted by Gasteiger charge is -2.17. The molecule has 0 amide bonds. The van der Waals surface area contributed by atoms with Crippen molar-refractivity contribution in [3.05, 3.63) is 0 Å². The summed E-state index contributed by atoms with van der Waals surface area (Å²) in [7, 11) is -5.87. The fourth-order valence-corrected chi connectivity index (χ4v) is 0.972. The Labute approximate surface area is 90.3 Å². The molecular formula is C7H11F3O5S. The first-order valence-corrected chi connectivity index (χ1v) is 5.59. The molecule has 96 valence electrons. The van der Waals surface area contributed by atoms with Gasteiger partial charge in [0.1, 0.15) is 6.61 Å². The predicted molar refractivity (Wildman–Crippen MR) is 47.2 cm³/mol. The van der Waals surface area contributed by atoms with Crippen molar-refractivity contribution in [1.82, 2.24) is 0 Å². The second kappa shape index (κ2) is 5.00. The molecule has 0 aliphatic carbocycles. The number of esters is 1. The molecule has 0 rings (SSSR count). The molecule has 0 spiro atoms. The molecule has 0 aliphatic rings. The SMILES string of the molecule is CC(C)C(=O)OCC(F)C(F)(F)S(=O)(=O)O. The summed E-state index contributed by atoms with van der Waals surface area (Å²) in [6.45, 7) is 1.33. The Morgan fingerprint density at radius 2 is 1.88 bits per heavy atom. The molecule has 0 aromatic carbocycles. The van der Waals surface area contributed by atoms with E-state index in [1.807, 2.05) is 0 Å². The number of rotatable bonds is 5. The van der Waals surface area contributed by atoms with E-state index in [1.165, 1.54) is 13.8 Å². The largest absolute Gasteiger partial charge is 0.462 e. The van der Waals surface area contributed by atoms with E-state index >= 15 is 0 Å². The molecule has 0 saturated heterocycles. The van der Waals surface area contributed by atoms with Crippen molar-refractivity contribution in [2.24, 2.45) is 5.92 Å². The van der Waals surface area contributed by atoms with Gasteiger partial charge in [-0.3, -0.25) is 9.35 Å². The van der Waals surface area contributed by atoms with Gasteiger partial charge in [0.15, 0.2) is 0 Å². The number of ether oxygens (including phenoxy) is 1. The summed E-state index contributed by atoms with van der Waals surface area (Å²) < 4.78 is 70.2. The fraction of sp³-hybridized carbons (Fsp3) is 0.857. The topological polar surface area (TPSA) is 80.7 Å². The number of carbonyl (C=O) groups is 1. The molecular weight excluding hydrogens is 253 g/mol. The Bertz CT molecular complexity index is 351. The molecule has 0 aliphatic heterocycles. The Morgan fingerprint density at radius 1 is 1.44 bits per heavy atom. The van der Waals surface area contributed by atoms with Crippen LogP contribution < -0.4 is 0 Å². The highest BCUT2D eigenvalue weighted by Gasteiger charge is 2.53. The maximum atomic E-state index is 12.7.